The molecule has 0 amide bonds. The predicted octanol–water partition coefficient (Wildman–Crippen LogP) is 7.62. The maximum atomic E-state index is 14.8. The van der Waals surface area contributed by atoms with E-state index in [9.17, 15) is 22.0 Å². The minimum atomic E-state index is -1.46. The van der Waals surface area contributed by atoms with Crippen molar-refractivity contribution in [3.63, 3.8) is 0 Å². The van der Waals surface area contributed by atoms with Crippen molar-refractivity contribution < 1.29 is 22.0 Å². The Morgan fingerprint density at radius 1 is 0.742 bits per heavy atom. The Morgan fingerprint density at radius 3 is 2.00 bits per heavy atom. The lowest BCUT2D eigenvalue weighted by Crippen LogP contribution is -2.17. The summed E-state index contributed by atoms with van der Waals surface area (Å²) in [5.41, 5.74) is -1.02. The molecule has 0 unspecified atom stereocenters. The second-order valence-electron chi connectivity index (χ2n) is 8.13. The largest absolute Gasteiger partial charge is 0.207 e. The molecule has 0 spiro atoms. The first kappa shape index (κ1) is 21.4. The van der Waals surface area contributed by atoms with E-state index in [1.54, 1.807) is 24.3 Å². The van der Waals surface area contributed by atoms with Crippen LogP contribution in [0.1, 0.15) is 61.6 Å². The second kappa shape index (κ2) is 8.70. The van der Waals surface area contributed by atoms with Gasteiger partial charge in [-0.3, -0.25) is 0 Å². The first-order chi connectivity index (χ1) is 14.9. The smallest absolute Gasteiger partial charge is 0.177 e. The molecule has 160 valence electrons. The number of benzene rings is 3. The minimum absolute atomic E-state index is 0.385. The van der Waals surface area contributed by atoms with Gasteiger partial charge in [0, 0.05) is 11.1 Å². The highest BCUT2D eigenvalue weighted by Crippen LogP contribution is 2.40. The van der Waals surface area contributed by atoms with E-state index in [0.717, 1.165) is 19.3 Å². The van der Waals surface area contributed by atoms with Crippen molar-refractivity contribution in [3.8, 4) is 11.8 Å². The molecule has 3 aromatic rings. The highest BCUT2D eigenvalue weighted by Gasteiger charge is 2.31. The summed E-state index contributed by atoms with van der Waals surface area (Å²) in [6.07, 6.45) is 3.58. The van der Waals surface area contributed by atoms with Crippen LogP contribution < -0.4 is 0 Å². The topological polar surface area (TPSA) is 0 Å². The SMILES string of the molecule is CCC1CCC(c2c(F)c(F)c(C#Cc3ccc4cc(F)ccc4c3)c(F)c2F)CC1. The van der Waals surface area contributed by atoms with Crippen molar-refractivity contribution in [1.29, 1.82) is 0 Å². The summed E-state index contributed by atoms with van der Waals surface area (Å²) in [4.78, 5) is 0. The van der Waals surface area contributed by atoms with Crippen LogP contribution >= 0.6 is 0 Å². The van der Waals surface area contributed by atoms with Gasteiger partial charge in [0.2, 0.25) is 0 Å². The molecule has 0 aliphatic heterocycles. The fourth-order valence-corrected chi connectivity index (χ4v) is 4.41. The number of fused-ring (bicyclic) bond motifs is 1. The molecule has 1 saturated carbocycles. The van der Waals surface area contributed by atoms with E-state index < -0.39 is 40.3 Å². The third-order valence-corrected chi connectivity index (χ3v) is 6.26. The normalized spacial score (nSPS) is 18.6. The van der Waals surface area contributed by atoms with Gasteiger partial charge in [-0.25, -0.2) is 22.0 Å². The lowest BCUT2D eigenvalue weighted by molar-refractivity contribution is 0.303. The van der Waals surface area contributed by atoms with Crippen molar-refractivity contribution in [2.45, 2.75) is 44.9 Å². The van der Waals surface area contributed by atoms with Crippen LogP contribution in [-0.2, 0) is 0 Å². The molecule has 0 heterocycles. The fraction of sp³-hybridized carbons (Fsp3) is 0.308. The van der Waals surface area contributed by atoms with Crippen molar-refractivity contribution >= 4 is 10.8 Å². The number of rotatable bonds is 2. The van der Waals surface area contributed by atoms with Gasteiger partial charge in [0.15, 0.2) is 23.3 Å². The average molecular weight is 428 g/mol. The Kier molecular flexibility index (Phi) is 6.00. The predicted molar refractivity (Wildman–Crippen MR) is 111 cm³/mol. The van der Waals surface area contributed by atoms with E-state index in [-0.39, 0.29) is 5.82 Å². The Balaban J connectivity index is 1.69. The third-order valence-electron chi connectivity index (χ3n) is 6.26. The summed E-state index contributed by atoms with van der Waals surface area (Å²) in [5.74, 6) is -1.24. The Hall–Kier alpha value is -2.87. The zero-order valence-corrected chi connectivity index (χ0v) is 17.0. The van der Waals surface area contributed by atoms with Crippen molar-refractivity contribution in [3.05, 3.63) is 82.2 Å². The summed E-state index contributed by atoms with van der Waals surface area (Å²) in [6, 6.07) is 8.98. The quantitative estimate of drug-likeness (QED) is 0.224. The molecule has 3 aromatic carbocycles. The average Bonchev–Trinajstić information content (AvgIpc) is 2.78. The van der Waals surface area contributed by atoms with Crippen LogP contribution in [0.2, 0.25) is 0 Å². The van der Waals surface area contributed by atoms with Crippen LogP contribution in [-0.4, -0.2) is 0 Å². The van der Waals surface area contributed by atoms with E-state index in [2.05, 4.69) is 18.8 Å². The van der Waals surface area contributed by atoms with Crippen LogP contribution in [0.4, 0.5) is 22.0 Å². The molecule has 0 bridgehead atoms. The van der Waals surface area contributed by atoms with E-state index in [0.29, 0.717) is 35.1 Å². The van der Waals surface area contributed by atoms with Gasteiger partial charge in [-0.15, -0.1) is 0 Å². The number of hydrogen-bond acceptors (Lipinski definition) is 0. The molecule has 0 N–H and O–H groups in total. The van der Waals surface area contributed by atoms with Crippen molar-refractivity contribution in [1.82, 2.24) is 0 Å². The maximum Gasteiger partial charge on any atom is 0.177 e. The van der Waals surface area contributed by atoms with E-state index in [4.69, 9.17) is 0 Å². The summed E-state index contributed by atoms with van der Waals surface area (Å²) < 4.78 is 72.2. The lowest BCUT2D eigenvalue weighted by atomic mass is 9.77. The Labute approximate surface area is 178 Å². The molecular weight excluding hydrogens is 407 g/mol. The van der Waals surface area contributed by atoms with Gasteiger partial charge in [-0.2, -0.15) is 0 Å². The van der Waals surface area contributed by atoms with Gasteiger partial charge in [0.1, 0.15) is 11.4 Å². The van der Waals surface area contributed by atoms with Crippen LogP contribution in [0.3, 0.4) is 0 Å². The van der Waals surface area contributed by atoms with Crippen LogP contribution in [0.5, 0.6) is 0 Å². The molecule has 1 aliphatic carbocycles. The van der Waals surface area contributed by atoms with Crippen LogP contribution in [0, 0.1) is 46.8 Å². The standard InChI is InChI=1S/C26H21F5/c1-2-15-3-7-17(8-4-15)22-25(30)23(28)21(24(29)26(22)31)12-6-16-5-9-19-14-20(27)11-10-18(19)13-16/h5,9-11,13-15,17H,2-4,7-8H2,1H3. The number of hydrogen-bond donors (Lipinski definition) is 0. The maximum absolute atomic E-state index is 14.8. The Bertz CT molecular complexity index is 1160. The van der Waals surface area contributed by atoms with Gasteiger partial charge in [0.05, 0.1) is 0 Å². The lowest BCUT2D eigenvalue weighted by Gasteiger charge is -2.28. The fourth-order valence-electron chi connectivity index (χ4n) is 4.41. The molecule has 4 rings (SSSR count). The highest BCUT2D eigenvalue weighted by atomic mass is 19.2. The molecule has 31 heavy (non-hydrogen) atoms. The van der Waals surface area contributed by atoms with Gasteiger partial charge in [0.25, 0.3) is 0 Å². The van der Waals surface area contributed by atoms with Gasteiger partial charge in [-0.1, -0.05) is 37.3 Å². The summed E-state index contributed by atoms with van der Waals surface area (Å²) in [6.45, 7) is 2.06. The van der Waals surface area contributed by atoms with Gasteiger partial charge in [-0.05, 0) is 72.6 Å². The molecule has 1 fully saturated rings. The van der Waals surface area contributed by atoms with Gasteiger partial charge >= 0.3 is 0 Å². The van der Waals surface area contributed by atoms with Gasteiger partial charge < -0.3 is 0 Å². The van der Waals surface area contributed by atoms with Crippen molar-refractivity contribution in [2.75, 3.05) is 0 Å². The Morgan fingerprint density at radius 2 is 1.35 bits per heavy atom. The first-order valence-electron chi connectivity index (χ1n) is 10.5. The first-order valence-corrected chi connectivity index (χ1v) is 10.5. The zero-order valence-electron chi connectivity index (χ0n) is 17.0. The molecular formula is C26H21F5. The molecule has 0 radical (unpaired) electrons. The minimum Gasteiger partial charge on any atom is -0.207 e. The zero-order chi connectivity index (χ0) is 22.1. The molecule has 5 heteroatoms. The second-order valence-corrected chi connectivity index (χ2v) is 8.13. The molecule has 0 atom stereocenters. The molecule has 1 aliphatic rings. The number of halogens is 5. The summed E-state index contributed by atoms with van der Waals surface area (Å²) in [5, 5.41) is 1.33. The molecule has 0 saturated heterocycles. The highest BCUT2D eigenvalue weighted by molar-refractivity contribution is 5.84. The molecule has 0 aromatic heterocycles. The van der Waals surface area contributed by atoms with Crippen molar-refractivity contribution in [2.24, 2.45) is 5.92 Å². The summed E-state index contributed by atoms with van der Waals surface area (Å²) in [7, 11) is 0. The van der Waals surface area contributed by atoms with Crippen LogP contribution in [0.25, 0.3) is 10.8 Å². The van der Waals surface area contributed by atoms with E-state index in [1.807, 2.05) is 0 Å². The monoisotopic (exact) mass is 428 g/mol. The van der Waals surface area contributed by atoms with E-state index >= 15 is 0 Å². The third kappa shape index (κ3) is 4.17. The molecule has 0 nitrogen and oxygen atoms in total. The van der Waals surface area contributed by atoms with Crippen LogP contribution in [0.15, 0.2) is 36.4 Å². The van der Waals surface area contributed by atoms with E-state index in [1.165, 1.54) is 12.1 Å². The summed E-state index contributed by atoms with van der Waals surface area (Å²) >= 11 is 0.